The molecule has 0 aliphatic rings. The van der Waals surface area contributed by atoms with Gasteiger partial charge in [-0.05, 0) is 103 Å². The zero-order chi connectivity index (χ0) is 46.7. The van der Waals surface area contributed by atoms with Crippen molar-refractivity contribution < 1.29 is 38.5 Å². The molecule has 0 aromatic heterocycles. The van der Waals surface area contributed by atoms with Crippen molar-refractivity contribution in [2.75, 3.05) is 13.2 Å². The van der Waals surface area contributed by atoms with Gasteiger partial charge in [0, 0.05) is 19.3 Å². The molecule has 0 bridgehead atoms. The van der Waals surface area contributed by atoms with Crippen LogP contribution in [0, 0.1) is 0 Å². The van der Waals surface area contributed by atoms with Crippen LogP contribution >= 0.6 is 0 Å². The molecule has 0 aliphatic heterocycles. The molecule has 0 aliphatic carbocycles. The van der Waals surface area contributed by atoms with Gasteiger partial charge in [0.15, 0.2) is 6.10 Å². The number of allylic oxidation sites excluding steroid dienone is 17. The van der Waals surface area contributed by atoms with Crippen molar-refractivity contribution in [2.45, 2.75) is 206 Å². The zero-order valence-electron chi connectivity index (χ0n) is 40.2. The summed E-state index contributed by atoms with van der Waals surface area (Å²) in [5.41, 5.74) is 0. The fraction of sp³-hybridized carbons (Fsp3) is 0.607. The predicted octanol–water partition coefficient (Wildman–Crippen LogP) is 15.4. The second kappa shape index (κ2) is 49.6. The summed E-state index contributed by atoms with van der Waals surface area (Å²) in [7, 11) is 0. The van der Waals surface area contributed by atoms with E-state index in [4.69, 9.17) is 19.3 Å². The lowest BCUT2D eigenvalue weighted by atomic mass is 10.1. The van der Waals surface area contributed by atoms with Crippen molar-refractivity contribution in [2.24, 2.45) is 0 Å². The lowest BCUT2D eigenvalue weighted by Gasteiger charge is -2.18. The molecular formula is C56H88O8. The largest absolute Gasteiger partial charge is 0.481 e. The molecule has 0 aromatic carbocycles. The van der Waals surface area contributed by atoms with Crippen LogP contribution in [0.3, 0.4) is 0 Å². The topological polar surface area (TPSA) is 116 Å². The Morgan fingerprint density at radius 2 is 0.750 bits per heavy atom. The summed E-state index contributed by atoms with van der Waals surface area (Å²) in [5.74, 6) is -1.94. The van der Waals surface area contributed by atoms with Gasteiger partial charge in [-0.15, -0.1) is 0 Å². The fourth-order valence-corrected chi connectivity index (χ4v) is 6.34. The van der Waals surface area contributed by atoms with Gasteiger partial charge in [-0.3, -0.25) is 19.2 Å². The Balaban J connectivity index is 4.55. The molecular weight excluding hydrogens is 801 g/mol. The highest BCUT2D eigenvalue weighted by atomic mass is 16.6. The normalized spacial score (nSPS) is 12.9. The highest BCUT2D eigenvalue weighted by molar-refractivity contribution is 5.71. The van der Waals surface area contributed by atoms with E-state index < -0.39 is 12.1 Å². The van der Waals surface area contributed by atoms with Crippen LogP contribution in [0.15, 0.2) is 109 Å². The van der Waals surface area contributed by atoms with Gasteiger partial charge in [0.1, 0.15) is 13.2 Å². The molecule has 0 spiro atoms. The van der Waals surface area contributed by atoms with E-state index in [-0.39, 0.29) is 50.4 Å². The monoisotopic (exact) mass is 889 g/mol. The Kier molecular flexibility index (Phi) is 46.1. The summed E-state index contributed by atoms with van der Waals surface area (Å²) in [4.78, 5) is 48.4. The molecule has 0 amide bonds. The Bertz CT molecular complexity index is 1410. The van der Waals surface area contributed by atoms with Crippen LogP contribution in [-0.2, 0) is 33.4 Å². The van der Waals surface area contributed by atoms with E-state index in [1.807, 2.05) is 24.3 Å². The van der Waals surface area contributed by atoms with Gasteiger partial charge in [0.2, 0.25) is 0 Å². The molecule has 0 fully saturated rings. The fourth-order valence-electron chi connectivity index (χ4n) is 6.34. The highest BCUT2D eigenvalue weighted by Crippen LogP contribution is 2.12. The first kappa shape index (κ1) is 59.5. The summed E-state index contributed by atoms with van der Waals surface area (Å²) in [6, 6.07) is 0. The van der Waals surface area contributed by atoms with E-state index in [2.05, 4.69) is 92.8 Å². The molecule has 0 heterocycles. The average molecular weight is 889 g/mol. The van der Waals surface area contributed by atoms with E-state index in [0.29, 0.717) is 19.3 Å². The minimum Gasteiger partial charge on any atom is -0.481 e. The Hall–Kier alpha value is -4.46. The Morgan fingerprint density at radius 1 is 0.391 bits per heavy atom. The molecule has 0 unspecified atom stereocenters. The van der Waals surface area contributed by atoms with Crippen molar-refractivity contribution >= 4 is 23.9 Å². The molecule has 1 atom stereocenters. The van der Waals surface area contributed by atoms with Crippen molar-refractivity contribution in [1.29, 1.82) is 0 Å². The zero-order valence-corrected chi connectivity index (χ0v) is 40.2. The van der Waals surface area contributed by atoms with Crippen molar-refractivity contribution in [3.8, 4) is 0 Å². The molecule has 0 saturated carbocycles. The van der Waals surface area contributed by atoms with Gasteiger partial charge in [-0.2, -0.15) is 0 Å². The number of hydrogen-bond acceptors (Lipinski definition) is 7. The summed E-state index contributed by atoms with van der Waals surface area (Å²) in [6.45, 7) is 4.08. The Morgan fingerprint density at radius 3 is 1.22 bits per heavy atom. The van der Waals surface area contributed by atoms with Crippen LogP contribution in [0.25, 0.3) is 0 Å². The van der Waals surface area contributed by atoms with E-state index >= 15 is 0 Å². The van der Waals surface area contributed by atoms with Crippen LogP contribution in [0.2, 0.25) is 0 Å². The second-order valence-electron chi connectivity index (χ2n) is 16.1. The molecule has 64 heavy (non-hydrogen) atoms. The van der Waals surface area contributed by atoms with Crippen LogP contribution < -0.4 is 0 Å². The van der Waals surface area contributed by atoms with E-state index in [1.54, 1.807) is 6.08 Å². The maximum absolute atomic E-state index is 12.8. The SMILES string of the molecule is CC/C=C\C/C=C\C/C=C\C/C=C\C/C=C\C/C=C\CCC(=O)OC[C@H](COC(=O)CCCCCCC/C=C\CCCCCC)OC(=O)CCCCCCC/C=C\C/C=C\CC(=O)O. The summed E-state index contributed by atoms with van der Waals surface area (Å²) < 4.78 is 16.6. The smallest absolute Gasteiger partial charge is 0.307 e. The van der Waals surface area contributed by atoms with Crippen LogP contribution in [0.4, 0.5) is 0 Å². The predicted molar refractivity (Wildman–Crippen MR) is 267 cm³/mol. The maximum Gasteiger partial charge on any atom is 0.307 e. The van der Waals surface area contributed by atoms with E-state index in [1.165, 1.54) is 38.5 Å². The third kappa shape index (κ3) is 48.6. The van der Waals surface area contributed by atoms with Gasteiger partial charge >= 0.3 is 23.9 Å². The lowest BCUT2D eigenvalue weighted by molar-refractivity contribution is -0.166. The quantitative estimate of drug-likeness (QED) is 0.0278. The van der Waals surface area contributed by atoms with E-state index in [9.17, 15) is 19.2 Å². The summed E-state index contributed by atoms with van der Waals surface area (Å²) >= 11 is 0. The van der Waals surface area contributed by atoms with Gasteiger partial charge in [-0.25, -0.2) is 0 Å². The molecule has 1 N–H and O–H groups in total. The number of carboxylic acids is 1. The van der Waals surface area contributed by atoms with Crippen molar-refractivity contribution in [1.82, 2.24) is 0 Å². The summed E-state index contributed by atoms with van der Waals surface area (Å²) in [5, 5.41) is 8.66. The number of carbonyl (C=O) groups is 4. The third-order valence-electron chi connectivity index (χ3n) is 10.1. The van der Waals surface area contributed by atoms with E-state index in [0.717, 1.165) is 109 Å². The lowest BCUT2D eigenvalue weighted by Crippen LogP contribution is -2.30. The number of esters is 3. The number of carbonyl (C=O) groups excluding carboxylic acids is 3. The Labute approximate surface area is 389 Å². The number of ether oxygens (including phenoxy) is 3. The standard InChI is InChI=1S/C56H88O8/c1-3-5-7-9-11-13-15-17-18-19-20-21-22-24-28-32-36-40-44-48-55(60)63-51-52(50-62-54(59)47-43-39-35-31-27-23-16-14-12-10-8-6-4-2)64-56(61)49-45-41-37-33-29-25-26-30-34-38-42-46-53(57)58/h5,7,11,13-14,16-18,20-21,24,26,28,30,36,38,40,42,52H,3-4,6,8-10,12,15,19,22-23,25,27,29,31-35,37,39,41,43-51H2,1-2H3,(H,57,58)/b7-5-,13-11-,16-14-,18-17-,21-20-,28-24-,30-26-,40-36-,42-38-/t52-/m0/s1. The summed E-state index contributed by atoms with van der Waals surface area (Å²) in [6.07, 6.45) is 63.2. The van der Waals surface area contributed by atoms with Crippen LogP contribution in [0.5, 0.6) is 0 Å². The van der Waals surface area contributed by atoms with Gasteiger partial charge in [0.05, 0.1) is 6.42 Å². The molecule has 8 heteroatoms. The van der Waals surface area contributed by atoms with Gasteiger partial charge < -0.3 is 19.3 Å². The third-order valence-corrected chi connectivity index (χ3v) is 10.1. The number of rotatable bonds is 44. The molecule has 0 saturated heterocycles. The minimum absolute atomic E-state index is 0.0491. The number of carboxylic acid groups (broad SMARTS) is 1. The van der Waals surface area contributed by atoms with Crippen molar-refractivity contribution in [3.05, 3.63) is 109 Å². The van der Waals surface area contributed by atoms with Gasteiger partial charge in [0.25, 0.3) is 0 Å². The first-order chi connectivity index (χ1) is 31.4. The minimum atomic E-state index is -0.850. The molecule has 0 radical (unpaired) electrons. The highest BCUT2D eigenvalue weighted by Gasteiger charge is 2.19. The second-order valence-corrected chi connectivity index (χ2v) is 16.1. The number of unbranched alkanes of at least 4 members (excludes halogenated alkanes) is 14. The maximum atomic E-state index is 12.8. The molecule has 0 rings (SSSR count). The number of aliphatic carboxylic acids is 1. The first-order valence-corrected chi connectivity index (χ1v) is 25.0. The molecule has 0 aromatic rings. The van der Waals surface area contributed by atoms with Crippen LogP contribution in [0.1, 0.15) is 200 Å². The van der Waals surface area contributed by atoms with Gasteiger partial charge in [-0.1, -0.05) is 181 Å². The molecule has 360 valence electrons. The first-order valence-electron chi connectivity index (χ1n) is 25.0. The number of hydrogen-bond donors (Lipinski definition) is 1. The molecule has 8 nitrogen and oxygen atoms in total. The van der Waals surface area contributed by atoms with Crippen LogP contribution in [-0.4, -0.2) is 48.3 Å². The van der Waals surface area contributed by atoms with Crippen molar-refractivity contribution in [3.63, 3.8) is 0 Å². The average Bonchev–Trinajstić information content (AvgIpc) is 3.28.